The van der Waals surface area contributed by atoms with E-state index in [0.29, 0.717) is 30.8 Å². The first-order chi connectivity index (χ1) is 20.4. The van der Waals surface area contributed by atoms with E-state index in [2.05, 4.69) is 16.5 Å². The Morgan fingerprint density at radius 1 is 1.16 bits per heavy atom. The molecule has 1 aliphatic heterocycles. The van der Waals surface area contributed by atoms with Crippen LogP contribution < -0.4 is 10.1 Å². The molecule has 0 spiro atoms. The van der Waals surface area contributed by atoms with Crippen LogP contribution in [0, 0.1) is 17.8 Å². The summed E-state index contributed by atoms with van der Waals surface area (Å²) in [5.74, 6) is -1.86. The van der Waals surface area contributed by atoms with Crippen LogP contribution in [0.2, 0.25) is 0 Å². The fourth-order valence-corrected chi connectivity index (χ4v) is 7.05. The van der Waals surface area contributed by atoms with Crippen LogP contribution in [0.1, 0.15) is 90.5 Å². The van der Waals surface area contributed by atoms with Gasteiger partial charge in [-0.2, -0.15) is 0 Å². The zero-order valence-corrected chi connectivity index (χ0v) is 26.4. The van der Waals surface area contributed by atoms with Crippen LogP contribution in [0.25, 0.3) is 0 Å². The summed E-state index contributed by atoms with van der Waals surface area (Å²) in [7, 11) is 1.68. The predicted molar refractivity (Wildman–Crippen MR) is 165 cm³/mol. The number of benzene rings is 1. The summed E-state index contributed by atoms with van der Waals surface area (Å²) in [5, 5.41) is 50.1. The minimum Gasteiger partial charge on any atom is -0.508 e. The maximum Gasteiger partial charge on any atom is 0.317 e. The van der Waals surface area contributed by atoms with Gasteiger partial charge in [-0.05, 0) is 88.5 Å². The summed E-state index contributed by atoms with van der Waals surface area (Å²) in [5.41, 5.74) is 1.78. The van der Waals surface area contributed by atoms with Gasteiger partial charge in [-0.1, -0.05) is 31.0 Å². The number of carbonyl (C=O) groups excluding carboxylic acids is 1. The van der Waals surface area contributed by atoms with Gasteiger partial charge in [-0.15, -0.1) is 0 Å². The highest BCUT2D eigenvalue weighted by molar-refractivity contribution is 6.03. The molecule has 6 atom stereocenters. The van der Waals surface area contributed by atoms with E-state index in [4.69, 9.17) is 9.57 Å². The molecule has 0 radical (unpaired) electrons. The van der Waals surface area contributed by atoms with Crippen LogP contribution in [0.3, 0.4) is 0 Å². The van der Waals surface area contributed by atoms with Crippen LogP contribution in [0.5, 0.6) is 11.5 Å². The Balaban J connectivity index is 1.92. The highest BCUT2D eigenvalue weighted by atomic mass is 16.6. The lowest BCUT2D eigenvalue weighted by Crippen LogP contribution is -2.69. The molecular formula is C33H51N3O7. The Kier molecular flexibility index (Phi) is 10.7. The number of nitrogens with one attached hydrogen (secondary N) is 1. The van der Waals surface area contributed by atoms with Crippen LogP contribution in [0.15, 0.2) is 35.0 Å². The van der Waals surface area contributed by atoms with Crippen molar-refractivity contribution in [1.82, 2.24) is 10.2 Å². The van der Waals surface area contributed by atoms with Gasteiger partial charge in [0.1, 0.15) is 23.1 Å². The summed E-state index contributed by atoms with van der Waals surface area (Å²) in [6.45, 7) is 8.48. The van der Waals surface area contributed by atoms with E-state index >= 15 is 0 Å². The van der Waals surface area contributed by atoms with Crippen molar-refractivity contribution < 1.29 is 34.8 Å². The van der Waals surface area contributed by atoms with Crippen molar-refractivity contribution >= 4 is 11.7 Å². The smallest absolute Gasteiger partial charge is 0.317 e. The van der Waals surface area contributed by atoms with Gasteiger partial charge in [0.25, 0.3) is 0 Å². The normalized spacial score (nSPS) is 28.8. The zero-order chi connectivity index (χ0) is 31.4. The van der Waals surface area contributed by atoms with Gasteiger partial charge in [0.15, 0.2) is 0 Å². The van der Waals surface area contributed by atoms with Crippen molar-refractivity contribution in [2.75, 3.05) is 26.8 Å². The molecule has 10 nitrogen and oxygen atoms in total. The van der Waals surface area contributed by atoms with Gasteiger partial charge in [0.2, 0.25) is 5.79 Å². The van der Waals surface area contributed by atoms with E-state index in [-0.39, 0.29) is 49.2 Å². The Morgan fingerprint density at radius 3 is 2.51 bits per heavy atom. The van der Waals surface area contributed by atoms with E-state index < -0.39 is 23.3 Å². The molecule has 6 unspecified atom stereocenters. The molecule has 4 rings (SSSR count). The number of urea groups is 1. The molecule has 1 aromatic carbocycles. The van der Waals surface area contributed by atoms with Gasteiger partial charge >= 0.3 is 6.03 Å². The van der Waals surface area contributed by atoms with Gasteiger partial charge in [0.05, 0.1) is 11.6 Å². The first-order valence-electron chi connectivity index (χ1n) is 15.9. The second-order valence-electron chi connectivity index (χ2n) is 13.3. The lowest BCUT2D eigenvalue weighted by Gasteiger charge is -2.58. The number of phenols is 1. The summed E-state index contributed by atoms with van der Waals surface area (Å²) in [6, 6.07) is 3.90. The number of ether oxygens (including phenoxy) is 1. The third-order valence-electron chi connectivity index (χ3n) is 9.00. The molecule has 1 saturated carbocycles. The van der Waals surface area contributed by atoms with Gasteiger partial charge in [0, 0.05) is 44.7 Å². The first kappa shape index (κ1) is 33.1. The molecule has 0 aromatic heterocycles. The number of hydrogen-bond donors (Lipinski definition) is 5. The molecule has 1 aromatic rings. The summed E-state index contributed by atoms with van der Waals surface area (Å²) >= 11 is 0. The molecule has 5 N–H and O–H groups in total. The number of phenolic OH excluding ortho intramolecular Hbond substituents is 1. The topological polar surface area (TPSA) is 144 Å². The fraction of sp³-hybridized carbons (Fsp3) is 0.697. The number of aliphatic hydroxyl groups is 3. The molecular weight excluding hydrogens is 550 g/mol. The number of fused-ring (bicyclic) bond motifs is 2. The van der Waals surface area contributed by atoms with Crippen molar-refractivity contribution in [3.05, 3.63) is 35.4 Å². The highest BCUT2D eigenvalue weighted by Crippen LogP contribution is 2.60. The fourth-order valence-electron chi connectivity index (χ4n) is 7.05. The van der Waals surface area contributed by atoms with Crippen molar-refractivity contribution in [3.8, 4) is 11.5 Å². The number of allylic oxidation sites excluding steroid dienone is 1. The minimum atomic E-state index is -1.77. The number of amides is 2. The Morgan fingerprint density at radius 2 is 1.86 bits per heavy atom. The zero-order valence-electron chi connectivity index (χ0n) is 26.4. The van der Waals surface area contributed by atoms with Crippen molar-refractivity contribution in [1.29, 1.82) is 0 Å². The average Bonchev–Trinajstić information content (AvgIpc) is 2.96. The number of likely N-dealkylation sites (N-methyl/N-ethyl adjacent to an activating group) is 1. The van der Waals surface area contributed by atoms with Crippen LogP contribution >= 0.6 is 0 Å². The lowest BCUT2D eigenvalue weighted by atomic mass is 9.55. The lowest BCUT2D eigenvalue weighted by molar-refractivity contribution is -0.226. The van der Waals surface area contributed by atoms with Crippen molar-refractivity contribution in [2.45, 2.75) is 102 Å². The predicted octanol–water partition coefficient (Wildman–Crippen LogP) is 4.67. The van der Waals surface area contributed by atoms with E-state index in [9.17, 15) is 25.2 Å². The molecule has 0 saturated heterocycles. The van der Waals surface area contributed by atoms with Crippen LogP contribution in [-0.4, -0.2) is 81.3 Å². The largest absolute Gasteiger partial charge is 0.508 e. The SMILES string of the molecule is CCCNC(=O)N(C)C1CC(=NOC(C)(C)C)C2=CC(CCCCO)C(CCCCO)C3c4cc(O)ccc4OC1(O)C23. The number of oxime groups is 1. The molecule has 43 heavy (non-hydrogen) atoms. The number of aliphatic hydroxyl groups excluding tert-OH is 2. The highest BCUT2D eigenvalue weighted by Gasteiger charge is 2.63. The van der Waals surface area contributed by atoms with E-state index in [1.165, 1.54) is 4.90 Å². The van der Waals surface area contributed by atoms with Crippen LogP contribution in [0.4, 0.5) is 4.79 Å². The van der Waals surface area contributed by atoms with E-state index in [1.54, 1.807) is 25.2 Å². The number of carbonyl (C=O) groups is 1. The van der Waals surface area contributed by atoms with E-state index in [0.717, 1.165) is 43.2 Å². The molecule has 2 amide bonds. The third kappa shape index (κ3) is 7.13. The molecule has 10 heteroatoms. The molecule has 2 aliphatic carbocycles. The molecule has 240 valence electrons. The summed E-state index contributed by atoms with van der Waals surface area (Å²) < 4.78 is 6.52. The Bertz CT molecular complexity index is 1180. The molecule has 0 bridgehead atoms. The summed E-state index contributed by atoms with van der Waals surface area (Å²) in [6.07, 6.45) is 7.83. The van der Waals surface area contributed by atoms with Crippen molar-refractivity contribution in [2.24, 2.45) is 22.9 Å². The number of unbranched alkanes of at least 4 members (excludes halogenated alkanes) is 2. The number of hydrogen-bond acceptors (Lipinski definition) is 8. The second-order valence-corrected chi connectivity index (χ2v) is 13.3. The maximum absolute atomic E-state index is 13.3. The van der Waals surface area contributed by atoms with Gasteiger partial charge < -0.3 is 40.2 Å². The first-order valence-corrected chi connectivity index (χ1v) is 15.9. The van der Waals surface area contributed by atoms with Gasteiger partial charge in [-0.25, -0.2) is 4.79 Å². The maximum atomic E-state index is 13.3. The quantitative estimate of drug-likeness (QED) is 0.173. The molecule has 3 aliphatic rings. The standard InChI is InChI=1S/C33H51N3O7/c1-6-15-34-31(40)36(5)28-20-26(35-43-32(2,3)4)24-18-21(11-7-9-16-37)23(12-8-10-17-38)29-25-19-22(39)13-14-27(25)42-33(28,41)30(24)29/h13-14,18-19,21,23,28-30,37-39,41H,6-12,15-17,20H2,1-5H3,(H,34,40). The molecule has 1 heterocycles. The summed E-state index contributed by atoms with van der Waals surface area (Å²) in [4.78, 5) is 20.8. The Labute approximate surface area is 255 Å². The average molecular weight is 602 g/mol. The minimum absolute atomic E-state index is 0.0535. The number of rotatable bonds is 12. The molecule has 1 fully saturated rings. The second kappa shape index (κ2) is 13.9. The van der Waals surface area contributed by atoms with E-state index in [1.807, 2.05) is 27.7 Å². The number of nitrogens with zero attached hydrogens (tertiary/aromatic N) is 2. The third-order valence-corrected chi connectivity index (χ3v) is 9.00. The Hall–Kier alpha value is -2.82. The monoisotopic (exact) mass is 601 g/mol. The van der Waals surface area contributed by atoms with Gasteiger partial charge in [-0.3, -0.25) is 0 Å². The number of aromatic hydroxyl groups is 1. The van der Waals surface area contributed by atoms with Crippen LogP contribution in [-0.2, 0) is 4.84 Å². The van der Waals surface area contributed by atoms with Crippen molar-refractivity contribution in [3.63, 3.8) is 0 Å².